The molecule has 1 amide bonds. The summed E-state index contributed by atoms with van der Waals surface area (Å²) >= 11 is 0. The quantitative estimate of drug-likeness (QED) is 0.808. The van der Waals surface area contributed by atoms with Crippen LogP contribution in [0.4, 0.5) is 0 Å². The second-order valence-electron chi connectivity index (χ2n) is 4.98. The number of rotatable bonds is 3. The summed E-state index contributed by atoms with van der Waals surface area (Å²) in [5, 5.41) is 2.88. The molecule has 1 aromatic heterocycles. The Bertz CT molecular complexity index is 369. The lowest BCUT2D eigenvalue weighted by atomic mass is 9.97. The number of carbonyl (C=O) groups excluding carboxylic acids is 1. The van der Waals surface area contributed by atoms with Crippen LogP contribution in [0.25, 0.3) is 0 Å². The summed E-state index contributed by atoms with van der Waals surface area (Å²) in [7, 11) is 0. The number of amides is 1. The highest BCUT2D eigenvalue weighted by Crippen LogP contribution is 2.11. The van der Waals surface area contributed by atoms with Crippen LogP contribution in [0.3, 0.4) is 0 Å². The highest BCUT2D eigenvalue weighted by atomic mass is 16.1. The Labute approximate surface area is 96.3 Å². The van der Waals surface area contributed by atoms with Gasteiger partial charge >= 0.3 is 0 Å². The molecule has 0 aromatic carbocycles. The Balaban J connectivity index is 2.66. The minimum Gasteiger partial charge on any atom is -0.352 e. The van der Waals surface area contributed by atoms with Gasteiger partial charge in [0.1, 0.15) is 0 Å². The van der Waals surface area contributed by atoms with Crippen molar-refractivity contribution in [1.82, 2.24) is 10.3 Å². The molecule has 0 aliphatic carbocycles. The Morgan fingerprint density at radius 3 is 2.75 bits per heavy atom. The third kappa shape index (κ3) is 3.98. The van der Waals surface area contributed by atoms with Gasteiger partial charge in [0.2, 0.25) is 0 Å². The smallest absolute Gasteiger partial charge is 0.251 e. The van der Waals surface area contributed by atoms with Crippen molar-refractivity contribution >= 4 is 5.91 Å². The monoisotopic (exact) mass is 221 g/mol. The van der Waals surface area contributed by atoms with Gasteiger partial charge in [0.05, 0.1) is 5.69 Å². The van der Waals surface area contributed by atoms with Gasteiger partial charge in [-0.15, -0.1) is 0 Å². The van der Waals surface area contributed by atoms with E-state index in [1.165, 1.54) is 0 Å². The molecule has 0 atom stereocenters. The molecule has 3 N–H and O–H groups in total. The zero-order valence-electron chi connectivity index (χ0n) is 10.1. The van der Waals surface area contributed by atoms with Crippen molar-refractivity contribution in [2.24, 2.45) is 11.1 Å². The van der Waals surface area contributed by atoms with Gasteiger partial charge in [-0.2, -0.15) is 0 Å². The van der Waals surface area contributed by atoms with Crippen molar-refractivity contribution in [2.75, 3.05) is 6.54 Å². The summed E-state index contributed by atoms with van der Waals surface area (Å²) in [6.07, 6.45) is 1.61. The van der Waals surface area contributed by atoms with Crippen LogP contribution in [0.1, 0.15) is 36.8 Å². The van der Waals surface area contributed by atoms with Crippen LogP contribution in [0.2, 0.25) is 0 Å². The predicted octanol–water partition coefficient (Wildman–Crippen LogP) is 1.32. The molecule has 4 nitrogen and oxygen atoms in total. The average Bonchev–Trinajstić information content (AvgIpc) is 2.25. The number of aromatic nitrogens is 1. The molecular weight excluding hydrogens is 202 g/mol. The first-order valence-electron chi connectivity index (χ1n) is 5.35. The normalized spacial score (nSPS) is 11.2. The zero-order chi connectivity index (χ0) is 12.2. The zero-order valence-corrected chi connectivity index (χ0v) is 10.1. The van der Waals surface area contributed by atoms with Gasteiger partial charge in [0, 0.05) is 24.8 Å². The van der Waals surface area contributed by atoms with Crippen molar-refractivity contribution in [2.45, 2.75) is 27.3 Å². The number of pyridine rings is 1. The van der Waals surface area contributed by atoms with E-state index < -0.39 is 0 Å². The van der Waals surface area contributed by atoms with Crippen LogP contribution < -0.4 is 11.1 Å². The maximum atomic E-state index is 11.8. The number of nitrogens with two attached hydrogens (primary N) is 1. The van der Waals surface area contributed by atoms with Gasteiger partial charge in [-0.3, -0.25) is 9.78 Å². The molecule has 16 heavy (non-hydrogen) atoms. The number of hydrogen-bond donors (Lipinski definition) is 2. The molecule has 1 heterocycles. The molecule has 0 radical (unpaired) electrons. The minimum atomic E-state index is -0.0768. The number of nitrogens with zero attached hydrogens (tertiary/aromatic N) is 1. The molecule has 1 rings (SSSR count). The lowest BCUT2D eigenvalue weighted by Gasteiger charge is -2.18. The molecule has 0 saturated carbocycles. The third-order valence-electron chi connectivity index (χ3n) is 2.07. The van der Waals surface area contributed by atoms with E-state index >= 15 is 0 Å². The maximum Gasteiger partial charge on any atom is 0.251 e. The topological polar surface area (TPSA) is 68.0 Å². The predicted molar refractivity (Wildman–Crippen MR) is 63.9 cm³/mol. The van der Waals surface area contributed by atoms with Gasteiger partial charge in [-0.25, -0.2) is 0 Å². The van der Waals surface area contributed by atoms with E-state index in [-0.39, 0.29) is 11.3 Å². The molecule has 88 valence electrons. The Kier molecular flexibility index (Phi) is 4.01. The molecule has 0 fully saturated rings. The highest BCUT2D eigenvalue weighted by molar-refractivity contribution is 5.94. The second-order valence-corrected chi connectivity index (χ2v) is 4.98. The Hall–Kier alpha value is -1.42. The van der Waals surface area contributed by atoms with Gasteiger partial charge in [0.15, 0.2) is 0 Å². The summed E-state index contributed by atoms with van der Waals surface area (Å²) in [4.78, 5) is 15.8. The van der Waals surface area contributed by atoms with E-state index in [1.807, 2.05) is 0 Å². The first-order chi connectivity index (χ1) is 7.42. The van der Waals surface area contributed by atoms with E-state index in [0.29, 0.717) is 18.7 Å². The number of carbonyl (C=O) groups is 1. The van der Waals surface area contributed by atoms with Crippen LogP contribution in [-0.4, -0.2) is 17.4 Å². The SMILES string of the molecule is CC(C)(C)CNC(=O)c1ccnc(CN)c1. The van der Waals surface area contributed by atoms with Crippen molar-refractivity contribution in [3.8, 4) is 0 Å². The van der Waals surface area contributed by atoms with Crippen LogP contribution >= 0.6 is 0 Å². The molecule has 0 aliphatic rings. The summed E-state index contributed by atoms with van der Waals surface area (Å²) in [5.41, 5.74) is 6.89. The Morgan fingerprint density at radius 1 is 1.50 bits per heavy atom. The largest absolute Gasteiger partial charge is 0.352 e. The fraction of sp³-hybridized carbons (Fsp3) is 0.500. The van der Waals surface area contributed by atoms with Crippen molar-refractivity contribution in [1.29, 1.82) is 0 Å². The van der Waals surface area contributed by atoms with Crippen LogP contribution in [0.5, 0.6) is 0 Å². The van der Waals surface area contributed by atoms with Gasteiger partial charge in [-0.1, -0.05) is 20.8 Å². The second kappa shape index (κ2) is 5.07. The summed E-state index contributed by atoms with van der Waals surface area (Å²) < 4.78 is 0. The maximum absolute atomic E-state index is 11.8. The third-order valence-corrected chi connectivity index (χ3v) is 2.07. The van der Waals surface area contributed by atoms with Gasteiger partial charge in [0.25, 0.3) is 5.91 Å². The highest BCUT2D eigenvalue weighted by Gasteiger charge is 2.13. The van der Waals surface area contributed by atoms with Crippen molar-refractivity contribution < 1.29 is 4.79 Å². The van der Waals surface area contributed by atoms with E-state index in [9.17, 15) is 4.79 Å². The van der Waals surface area contributed by atoms with Crippen LogP contribution in [0, 0.1) is 5.41 Å². The first-order valence-corrected chi connectivity index (χ1v) is 5.35. The van der Waals surface area contributed by atoms with Crippen molar-refractivity contribution in [3.63, 3.8) is 0 Å². The molecule has 0 saturated heterocycles. The standard InChI is InChI=1S/C12H19N3O/c1-12(2,3)8-15-11(16)9-4-5-14-10(6-9)7-13/h4-6H,7-8,13H2,1-3H3,(H,15,16). The van der Waals surface area contributed by atoms with Crippen molar-refractivity contribution in [3.05, 3.63) is 29.6 Å². The van der Waals surface area contributed by atoms with E-state index in [4.69, 9.17) is 5.73 Å². The summed E-state index contributed by atoms with van der Waals surface area (Å²) in [6, 6.07) is 3.41. The lowest BCUT2D eigenvalue weighted by molar-refractivity contribution is 0.0939. The molecule has 1 aromatic rings. The molecule has 4 heteroatoms. The molecule has 0 bridgehead atoms. The number of hydrogen-bond acceptors (Lipinski definition) is 3. The fourth-order valence-electron chi connectivity index (χ4n) is 1.18. The van der Waals surface area contributed by atoms with Crippen LogP contribution in [-0.2, 0) is 6.54 Å². The van der Waals surface area contributed by atoms with Crippen LogP contribution in [0.15, 0.2) is 18.3 Å². The lowest BCUT2D eigenvalue weighted by Crippen LogP contribution is -2.32. The molecule has 0 unspecified atom stereocenters. The fourth-order valence-corrected chi connectivity index (χ4v) is 1.18. The minimum absolute atomic E-state index is 0.0768. The first kappa shape index (κ1) is 12.6. The number of nitrogens with one attached hydrogen (secondary N) is 1. The van der Waals surface area contributed by atoms with E-state index in [2.05, 4.69) is 31.1 Å². The molecule has 0 spiro atoms. The average molecular weight is 221 g/mol. The Morgan fingerprint density at radius 2 is 2.19 bits per heavy atom. The summed E-state index contributed by atoms with van der Waals surface area (Å²) in [6.45, 7) is 7.22. The van der Waals surface area contributed by atoms with Gasteiger partial charge < -0.3 is 11.1 Å². The van der Waals surface area contributed by atoms with Gasteiger partial charge in [-0.05, 0) is 17.5 Å². The summed E-state index contributed by atoms with van der Waals surface area (Å²) in [5.74, 6) is -0.0768. The molecular formula is C12H19N3O. The van der Waals surface area contributed by atoms with E-state index in [1.54, 1.807) is 18.3 Å². The molecule has 0 aliphatic heterocycles. The van der Waals surface area contributed by atoms with E-state index in [0.717, 1.165) is 5.69 Å².